The Bertz CT molecular complexity index is 1140. The van der Waals surface area contributed by atoms with E-state index in [-0.39, 0.29) is 35.9 Å². The SMILES string of the molecule is O=C(CCC(=O)OCCc1ccccc1)Nc1cccc(C(=O)Nc2ccc(F)c(Cl)c2)c1. The number of benzene rings is 3. The monoisotopic (exact) mass is 468 g/mol. The molecule has 0 radical (unpaired) electrons. The Balaban J connectivity index is 1.45. The average molecular weight is 469 g/mol. The van der Waals surface area contributed by atoms with Crippen molar-refractivity contribution in [1.82, 2.24) is 0 Å². The van der Waals surface area contributed by atoms with Gasteiger partial charge in [-0.3, -0.25) is 14.4 Å². The van der Waals surface area contributed by atoms with Crippen LogP contribution in [-0.4, -0.2) is 24.4 Å². The van der Waals surface area contributed by atoms with Crippen LogP contribution in [0.4, 0.5) is 15.8 Å². The number of carbonyl (C=O) groups excluding carboxylic acids is 3. The number of ether oxygens (including phenoxy) is 1. The van der Waals surface area contributed by atoms with Crippen molar-refractivity contribution >= 4 is 40.8 Å². The first kappa shape index (κ1) is 23.9. The minimum absolute atomic E-state index is 0.0470. The van der Waals surface area contributed by atoms with Crippen LogP contribution in [0.3, 0.4) is 0 Å². The fourth-order valence-corrected chi connectivity index (χ4v) is 3.13. The average Bonchev–Trinajstić information content (AvgIpc) is 2.81. The van der Waals surface area contributed by atoms with Crippen molar-refractivity contribution in [2.45, 2.75) is 19.3 Å². The first-order valence-corrected chi connectivity index (χ1v) is 10.6. The molecule has 0 aliphatic carbocycles. The highest BCUT2D eigenvalue weighted by atomic mass is 35.5. The van der Waals surface area contributed by atoms with E-state index < -0.39 is 17.7 Å². The predicted molar refractivity (Wildman–Crippen MR) is 125 cm³/mol. The van der Waals surface area contributed by atoms with E-state index in [2.05, 4.69) is 10.6 Å². The third-order valence-electron chi connectivity index (χ3n) is 4.64. The summed E-state index contributed by atoms with van der Waals surface area (Å²) in [5.74, 6) is -1.86. The van der Waals surface area contributed by atoms with Crippen molar-refractivity contribution in [3.05, 3.63) is 94.8 Å². The highest BCUT2D eigenvalue weighted by Gasteiger charge is 2.11. The minimum Gasteiger partial charge on any atom is -0.465 e. The molecule has 0 spiro atoms. The number of esters is 1. The van der Waals surface area contributed by atoms with Crippen LogP contribution in [-0.2, 0) is 20.7 Å². The van der Waals surface area contributed by atoms with Gasteiger partial charge in [-0.05, 0) is 42.0 Å². The molecule has 0 fully saturated rings. The molecule has 6 nitrogen and oxygen atoms in total. The van der Waals surface area contributed by atoms with Crippen molar-refractivity contribution in [3.8, 4) is 0 Å². The first-order valence-electron chi connectivity index (χ1n) is 10.3. The summed E-state index contributed by atoms with van der Waals surface area (Å²) in [6.45, 7) is 0.251. The summed E-state index contributed by atoms with van der Waals surface area (Å²) in [7, 11) is 0. The van der Waals surface area contributed by atoms with Crippen molar-refractivity contribution in [2.24, 2.45) is 0 Å². The quantitative estimate of drug-likeness (QED) is 0.421. The largest absolute Gasteiger partial charge is 0.465 e. The molecule has 2 amide bonds. The lowest BCUT2D eigenvalue weighted by Gasteiger charge is -2.09. The van der Waals surface area contributed by atoms with E-state index >= 15 is 0 Å². The molecular weight excluding hydrogens is 447 g/mol. The Hall–Kier alpha value is -3.71. The summed E-state index contributed by atoms with van der Waals surface area (Å²) >= 11 is 5.73. The lowest BCUT2D eigenvalue weighted by atomic mass is 10.1. The number of halogens is 2. The molecule has 0 bridgehead atoms. The van der Waals surface area contributed by atoms with Crippen molar-refractivity contribution < 1.29 is 23.5 Å². The zero-order chi connectivity index (χ0) is 23.6. The molecule has 8 heteroatoms. The number of hydrogen-bond acceptors (Lipinski definition) is 4. The summed E-state index contributed by atoms with van der Waals surface area (Å²) in [6, 6.07) is 19.8. The topological polar surface area (TPSA) is 84.5 Å². The highest BCUT2D eigenvalue weighted by Crippen LogP contribution is 2.20. The van der Waals surface area contributed by atoms with Gasteiger partial charge in [0.25, 0.3) is 5.91 Å². The molecule has 0 heterocycles. The smallest absolute Gasteiger partial charge is 0.306 e. The lowest BCUT2D eigenvalue weighted by Crippen LogP contribution is -2.16. The summed E-state index contributed by atoms with van der Waals surface area (Å²) < 4.78 is 18.4. The third kappa shape index (κ3) is 7.73. The molecule has 0 aromatic heterocycles. The Kier molecular flexibility index (Phi) is 8.55. The first-order chi connectivity index (χ1) is 15.9. The fraction of sp³-hybridized carbons (Fsp3) is 0.160. The van der Waals surface area contributed by atoms with Crippen LogP contribution in [0.15, 0.2) is 72.8 Å². The Labute approximate surface area is 195 Å². The zero-order valence-electron chi connectivity index (χ0n) is 17.6. The maximum atomic E-state index is 13.3. The van der Waals surface area contributed by atoms with E-state index in [1.54, 1.807) is 18.2 Å². The van der Waals surface area contributed by atoms with Crippen LogP contribution in [0.25, 0.3) is 0 Å². The van der Waals surface area contributed by atoms with Crippen LogP contribution < -0.4 is 10.6 Å². The van der Waals surface area contributed by atoms with Crippen molar-refractivity contribution in [1.29, 1.82) is 0 Å². The van der Waals surface area contributed by atoms with Crippen molar-refractivity contribution in [3.63, 3.8) is 0 Å². The van der Waals surface area contributed by atoms with Crippen LogP contribution in [0.1, 0.15) is 28.8 Å². The van der Waals surface area contributed by atoms with E-state index in [0.717, 1.165) is 11.6 Å². The van der Waals surface area contributed by atoms with Gasteiger partial charge in [0, 0.05) is 29.8 Å². The Morgan fingerprint density at radius 1 is 0.848 bits per heavy atom. The van der Waals surface area contributed by atoms with Crippen LogP contribution >= 0.6 is 11.6 Å². The van der Waals surface area contributed by atoms with Crippen LogP contribution in [0.2, 0.25) is 5.02 Å². The summed E-state index contributed by atoms with van der Waals surface area (Å²) in [6.07, 6.45) is 0.512. The normalized spacial score (nSPS) is 10.4. The van der Waals surface area contributed by atoms with Gasteiger partial charge in [-0.25, -0.2) is 4.39 Å². The number of carbonyl (C=O) groups is 3. The molecular formula is C25H22ClFN2O4. The number of amides is 2. The van der Waals surface area contributed by atoms with Gasteiger partial charge in [-0.15, -0.1) is 0 Å². The second-order valence-corrected chi connectivity index (χ2v) is 7.58. The number of rotatable bonds is 9. The molecule has 0 aliphatic rings. The fourth-order valence-electron chi connectivity index (χ4n) is 2.95. The van der Waals surface area contributed by atoms with Gasteiger partial charge in [0.1, 0.15) is 5.82 Å². The molecule has 0 saturated heterocycles. The molecule has 0 saturated carbocycles. The second-order valence-electron chi connectivity index (χ2n) is 7.17. The van der Waals surface area contributed by atoms with Gasteiger partial charge in [0.05, 0.1) is 18.1 Å². The standard InChI is InChI=1S/C25H22ClFN2O4/c26-21-16-20(9-10-22(21)27)29-25(32)18-7-4-8-19(15-18)28-23(30)11-12-24(31)33-14-13-17-5-2-1-3-6-17/h1-10,15-16H,11-14H2,(H,28,30)(H,29,32). The van der Waals surface area contributed by atoms with Gasteiger partial charge in [0.15, 0.2) is 0 Å². The summed E-state index contributed by atoms with van der Waals surface area (Å²) in [4.78, 5) is 36.5. The van der Waals surface area contributed by atoms with Gasteiger partial charge >= 0.3 is 5.97 Å². The molecule has 0 aliphatic heterocycles. The molecule has 170 valence electrons. The van der Waals surface area contributed by atoms with E-state index in [9.17, 15) is 18.8 Å². The van der Waals surface area contributed by atoms with Crippen LogP contribution in [0, 0.1) is 5.82 Å². The van der Waals surface area contributed by atoms with E-state index in [1.165, 1.54) is 18.2 Å². The third-order valence-corrected chi connectivity index (χ3v) is 4.93. The highest BCUT2D eigenvalue weighted by molar-refractivity contribution is 6.31. The molecule has 3 aromatic carbocycles. The molecule has 3 aromatic rings. The number of nitrogens with one attached hydrogen (secondary N) is 2. The van der Waals surface area contributed by atoms with Crippen molar-refractivity contribution in [2.75, 3.05) is 17.2 Å². The summed E-state index contributed by atoms with van der Waals surface area (Å²) in [5, 5.41) is 5.17. The molecule has 0 unspecified atom stereocenters. The molecule has 2 N–H and O–H groups in total. The molecule has 3 rings (SSSR count). The maximum Gasteiger partial charge on any atom is 0.306 e. The van der Waals surface area contributed by atoms with Gasteiger partial charge < -0.3 is 15.4 Å². The molecule has 33 heavy (non-hydrogen) atoms. The molecule has 0 atom stereocenters. The van der Waals surface area contributed by atoms with Gasteiger partial charge in [0.2, 0.25) is 5.91 Å². The second kappa shape index (κ2) is 11.8. The van der Waals surface area contributed by atoms with E-state index in [0.29, 0.717) is 17.8 Å². The summed E-state index contributed by atoms with van der Waals surface area (Å²) in [5.41, 5.74) is 2.09. The maximum absolute atomic E-state index is 13.3. The van der Waals surface area contributed by atoms with E-state index in [1.807, 2.05) is 30.3 Å². The Morgan fingerprint density at radius 2 is 1.61 bits per heavy atom. The predicted octanol–water partition coefficient (Wildman–Crippen LogP) is 5.24. The minimum atomic E-state index is -0.584. The number of hydrogen-bond donors (Lipinski definition) is 2. The lowest BCUT2D eigenvalue weighted by molar-refractivity contribution is -0.144. The zero-order valence-corrected chi connectivity index (χ0v) is 18.4. The van der Waals surface area contributed by atoms with Crippen LogP contribution in [0.5, 0.6) is 0 Å². The van der Waals surface area contributed by atoms with Gasteiger partial charge in [-0.1, -0.05) is 48.0 Å². The van der Waals surface area contributed by atoms with E-state index in [4.69, 9.17) is 16.3 Å². The Morgan fingerprint density at radius 3 is 2.36 bits per heavy atom. The number of anilines is 2. The van der Waals surface area contributed by atoms with Gasteiger partial charge in [-0.2, -0.15) is 0 Å².